The molecular formula is C12H19NO. The minimum atomic E-state index is 0.450. The summed E-state index contributed by atoms with van der Waals surface area (Å²) in [4.78, 5) is 2.19. The second kappa shape index (κ2) is 5.01. The van der Waals surface area contributed by atoms with Gasteiger partial charge in [-0.05, 0) is 45.6 Å². The Morgan fingerprint density at radius 3 is 2.21 bits per heavy atom. The molecule has 0 bridgehead atoms. The fourth-order valence-electron chi connectivity index (χ4n) is 1.31. The summed E-state index contributed by atoms with van der Waals surface area (Å²) < 4.78 is 5.39. The molecule has 0 saturated heterocycles. The van der Waals surface area contributed by atoms with Crippen molar-refractivity contribution < 1.29 is 4.74 Å². The number of rotatable bonds is 4. The van der Waals surface area contributed by atoms with E-state index >= 15 is 0 Å². The van der Waals surface area contributed by atoms with Crippen LogP contribution in [0.25, 0.3) is 0 Å². The third-order valence-corrected chi connectivity index (χ3v) is 2.45. The Morgan fingerprint density at radius 2 is 1.79 bits per heavy atom. The normalized spacial score (nSPS) is 12.9. The molecule has 0 aliphatic heterocycles. The average Bonchev–Trinajstić information content (AvgIpc) is 2.18. The van der Waals surface area contributed by atoms with Crippen LogP contribution in [0, 0.1) is 0 Å². The molecule has 0 heterocycles. The van der Waals surface area contributed by atoms with Crippen molar-refractivity contribution >= 4 is 0 Å². The van der Waals surface area contributed by atoms with Gasteiger partial charge in [0.15, 0.2) is 0 Å². The molecule has 1 atom stereocenters. The topological polar surface area (TPSA) is 12.5 Å². The highest BCUT2D eigenvalue weighted by Gasteiger charge is 2.06. The number of ether oxygens (including phenoxy) is 1. The zero-order valence-electron chi connectivity index (χ0n) is 9.45. The molecule has 0 fully saturated rings. The van der Waals surface area contributed by atoms with Gasteiger partial charge >= 0.3 is 0 Å². The van der Waals surface area contributed by atoms with Crippen molar-refractivity contribution in [2.24, 2.45) is 0 Å². The van der Waals surface area contributed by atoms with E-state index in [1.165, 1.54) is 5.56 Å². The first kappa shape index (κ1) is 11.1. The van der Waals surface area contributed by atoms with Crippen LogP contribution in [0.5, 0.6) is 5.75 Å². The Labute approximate surface area is 86.5 Å². The standard InChI is InChI=1S/C12H19NO/c1-5-14-12-8-6-11(7-9-12)10(2)13(3)4/h6-10H,5H2,1-4H3. The fraction of sp³-hybridized carbons (Fsp3) is 0.500. The molecule has 2 heteroatoms. The van der Waals surface area contributed by atoms with Gasteiger partial charge in [-0.3, -0.25) is 0 Å². The van der Waals surface area contributed by atoms with Crippen LogP contribution >= 0.6 is 0 Å². The second-order valence-corrected chi connectivity index (χ2v) is 3.64. The maximum atomic E-state index is 5.39. The van der Waals surface area contributed by atoms with Crippen molar-refractivity contribution in [2.45, 2.75) is 19.9 Å². The van der Waals surface area contributed by atoms with Crippen molar-refractivity contribution in [2.75, 3.05) is 20.7 Å². The largest absolute Gasteiger partial charge is 0.494 e. The van der Waals surface area contributed by atoms with Gasteiger partial charge < -0.3 is 9.64 Å². The van der Waals surface area contributed by atoms with E-state index in [-0.39, 0.29) is 0 Å². The molecule has 1 unspecified atom stereocenters. The molecule has 0 spiro atoms. The van der Waals surface area contributed by atoms with E-state index in [1.54, 1.807) is 0 Å². The zero-order valence-corrected chi connectivity index (χ0v) is 9.45. The zero-order chi connectivity index (χ0) is 10.6. The van der Waals surface area contributed by atoms with E-state index in [9.17, 15) is 0 Å². The number of nitrogens with zero attached hydrogens (tertiary/aromatic N) is 1. The molecule has 0 saturated carbocycles. The summed E-state index contributed by atoms with van der Waals surface area (Å²) in [7, 11) is 4.17. The lowest BCUT2D eigenvalue weighted by atomic mass is 10.1. The van der Waals surface area contributed by atoms with Gasteiger partial charge in [0.1, 0.15) is 5.75 Å². The van der Waals surface area contributed by atoms with E-state index in [0.29, 0.717) is 6.04 Å². The lowest BCUT2D eigenvalue weighted by Crippen LogP contribution is -2.16. The predicted molar refractivity (Wildman–Crippen MR) is 59.7 cm³/mol. The van der Waals surface area contributed by atoms with Crippen LogP contribution in [-0.2, 0) is 0 Å². The van der Waals surface area contributed by atoms with E-state index in [0.717, 1.165) is 12.4 Å². The SMILES string of the molecule is CCOc1ccc(C(C)N(C)C)cc1. The monoisotopic (exact) mass is 193 g/mol. The van der Waals surface area contributed by atoms with E-state index in [4.69, 9.17) is 4.74 Å². The molecule has 0 N–H and O–H groups in total. The molecular weight excluding hydrogens is 174 g/mol. The first-order valence-electron chi connectivity index (χ1n) is 5.04. The molecule has 1 aromatic carbocycles. The quantitative estimate of drug-likeness (QED) is 0.729. The molecule has 1 aromatic rings. The van der Waals surface area contributed by atoms with E-state index < -0.39 is 0 Å². The Hall–Kier alpha value is -1.02. The first-order valence-corrected chi connectivity index (χ1v) is 5.04. The predicted octanol–water partition coefficient (Wildman–Crippen LogP) is 2.71. The van der Waals surface area contributed by atoms with Crippen molar-refractivity contribution in [3.05, 3.63) is 29.8 Å². The molecule has 14 heavy (non-hydrogen) atoms. The summed E-state index contributed by atoms with van der Waals surface area (Å²) in [5.74, 6) is 0.946. The fourth-order valence-corrected chi connectivity index (χ4v) is 1.31. The smallest absolute Gasteiger partial charge is 0.119 e. The number of hydrogen-bond acceptors (Lipinski definition) is 2. The maximum absolute atomic E-state index is 5.39. The van der Waals surface area contributed by atoms with E-state index in [2.05, 4.69) is 38.1 Å². The Kier molecular flexibility index (Phi) is 3.96. The van der Waals surface area contributed by atoms with Gasteiger partial charge in [0.05, 0.1) is 6.61 Å². The van der Waals surface area contributed by atoms with Crippen molar-refractivity contribution in [1.82, 2.24) is 4.90 Å². The average molecular weight is 193 g/mol. The summed E-state index contributed by atoms with van der Waals surface area (Å²) >= 11 is 0. The van der Waals surface area contributed by atoms with Crippen LogP contribution in [0.4, 0.5) is 0 Å². The highest BCUT2D eigenvalue weighted by molar-refractivity contribution is 5.28. The van der Waals surface area contributed by atoms with Crippen LogP contribution in [-0.4, -0.2) is 25.6 Å². The minimum Gasteiger partial charge on any atom is -0.494 e. The Balaban J connectivity index is 2.72. The van der Waals surface area contributed by atoms with Gasteiger partial charge in [-0.25, -0.2) is 0 Å². The van der Waals surface area contributed by atoms with Gasteiger partial charge in [0.25, 0.3) is 0 Å². The summed E-state index contributed by atoms with van der Waals surface area (Å²) in [5.41, 5.74) is 1.32. The van der Waals surface area contributed by atoms with Gasteiger partial charge in [0, 0.05) is 6.04 Å². The van der Waals surface area contributed by atoms with Crippen molar-refractivity contribution in [1.29, 1.82) is 0 Å². The number of hydrogen-bond donors (Lipinski definition) is 0. The van der Waals surface area contributed by atoms with E-state index in [1.807, 2.05) is 19.1 Å². The lowest BCUT2D eigenvalue weighted by Gasteiger charge is -2.20. The summed E-state index contributed by atoms with van der Waals surface area (Å²) in [6.07, 6.45) is 0. The molecule has 0 aliphatic carbocycles. The molecule has 2 nitrogen and oxygen atoms in total. The molecule has 1 rings (SSSR count). The summed E-state index contributed by atoms with van der Waals surface area (Å²) in [6.45, 7) is 4.91. The van der Waals surface area contributed by atoms with Gasteiger partial charge in [0.2, 0.25) is 0 Å². The second-order valence-electron chi connectivity index (χ2n) is 3.64. The van der Waals surface area contributed by atoms with Crippen LogP contribution in [0.2, 0.25) is 0 Å². The van der Waals surface area contributed by atoms with Crippen molar-refractivity contribution in [3.63, 3.8) is 0 Å². The first-order chi connectivity index (χ1) is 6.65. The third-order valence-electron chi connectivity index (χ3n) is 2.45. The van der Waals surface area contributed by atoms with Gasteiger partial charge in [-0.2, -0.15) is 0 Å². The van der Waals surface area contributed by atoms with Crippen LogP contribution in [0.1, 0.15) is 25.5 Å². The van der Waals surface area contributed by atoms with Crippen molar-refractivity contribution in [3.8, 4) is 5.75 Å². The summed E-state index contributed by atoms with van der Waals surface area (Å²) in [6, 6.07) is 8.74. The third kappa shape index (κ3) is 2.74. The molecule has 78 valence electrons. The molecule has 0 radical (unpaired) electrons. The summed E-state index contributed by atoms with van der Waals surface area (Å²) in [5, 5.41) is 0. The maximum Gasteiger partial charge on any atom is 0.119 e. The van der Waals surface area contributed by atoms with Gasteiger partial charge in [-0.15, -0.1) is 0 Å². The molecule has 0 amide bonds. The number of benzene rings is 1. The Morgan fingerprint density at radius 1 is 1.21 bits per heavy atom. The van der Waals surface area contributed by atoms with Gasteiger partial charge in [-0.1, -0.05) is 12.1 Å². The lowest BCUT2D eigenvalue weighted by molar-refractivity contribution is 0.319. The molecule has 0 aromatic heterocycles. The molecule has 0 aliphatic rings. The van der Waals surface area contributed by atoms with Crippen LogP contribution in [0.3, 0.4) is 0 Å². The minimum absolute atomic E-state index is 0.450. The highest BCUT2D eigenvalue weighted by Crippen LogP contribution is 2.20. The Bertz CT molecular complexity index is 266. The highest BCUT2D eigenvalue weighted by atomic mass is 16.5. The van der Waals surface area contributed by atoms with Crippen LogP contribution in [0.15, 0.2) is 24.3 Å². The van der Waals surface area contributed by atoms with Crippen LogP contribution < -0.4 is 4.74 Å².